The summed E-state index contributed by atoms with van der Waals surface area (Å²) in [6, 6.07) is 11.0. The van der Waals surface area contributed by atoms with Crippen LogP contribution in [0, 0.1) is 5.92 Å². The molecular weight excluding hydrogens is 468 g/mol. The molecule has 1 aliphatic rings. The maximum atomic E-state index is 13.4. The van der Waals surface area contributed by atoms with E-state index in [9.17, 15) is 4.79 Å². The topological polar surface area (TPSA) is 102 Å². The molecule has 35 heavy (non-hydrogen) atoms. The smallest absolute Gasteiger partial charge is 0.262 e. The fourth-order valence-electron chi connectivity index (χ4n) is 3.71. The average Bonchev–Trinajstić information content (AvgIpc) is 3.51. The van der Waals surface area contributed by atoms with Crippen molar-refractivity contribution in [1.29, 1.82) is 0 Å². The molecule has 3 heterocycles. The highest BCUT2D eigenvalue weighted by Crippen LogP contribution is 2.35. The van der Waals surface area contributed by atoms with Crippen LogP contribution in [0.5, 0.6) is 17.2 Å². The second-order valence-electron chi connectivity index (χ2n) is 8.51. The molecule has 0 unspecified atom stereocenters. The van der Waals surface area contributed by atoms with Crippen LogP contribution in [0.3, 0.4) is 0 Å². The molecule has 2 aromatic carbocycles. The lowest BCUT2D eigenvalue weighted by Crippen LogP contribution is -2.24. The summed E-state index contributed by atoms with van der Waals surface area (Å²) < 4.78 is 23.6. The molecule has 182 valence electrons. The van der Waals surface area contributed by atoms with E-state index in [4.69, 9.17) is 23.7 Å². The summed E-state index contributed by atoms with van der Waals surface area (Å²) in [5.41, 5.74) is 1.31. The normalized spacial score (nSPS) is 12.6. The van der Waals surface area contributed by atoms with Crippen LogP contribution >= 0.6 is 11.8 Å². The molecular formula is C25H26N4O5S. The van der Waals surface area contributed by atoms with Gasteiger partial charge >= 0.3 is 0 Å². The molecule has 4 aromatic rings. The Morgan fingerprint density at radius 2 is 1.89 bits per heavy atom. The molecule has 0 aliphatic carbocycles. The maximum absolute atomic E-state index is 13.4. The first-order valence-corrected chi connectivity index (χ1v) is 12.5. The zero-order valence-corrected chi connectivity index (χ0v) is 20.6. The van der Waals surface area contributed by atoms with E-state index < -0.39 is 0 Å². The minimum Gasteiger partial charge on any atom is -0.494 e. The monoisotopic (exact) mass is 494 g/mol. The van der Waals surface area contributed by atoms with Gasteiger partial charge in [-0.2, -0.15) is 4.98 Å². The lowest BCUT2D eigenvalue weighted by molar-refractivity contribution is 0.174. The Morgan fingerprint density at radius 1 is 1.11 bits per heavy atom. The summed E-state index contributed by atoms with van der Waals surface area (Å²) >= 11 is 1.40. The highest BCUT2D eigenvalue weighted by molar-refractivity contribution is 7.98. The number of fused-ring (bicyclic) bond motifs is 2. The van der Waals surface area contributed by atoms with Gasteiger partial charge in [-0.3, -0.25) is 9.36 Å². The first-order chi connectivity index (χ1) is 17.0. The SMILES string of the molecule is CCOc1ccc(-c2noc(CSc3nc4cc5c(cc4c(=O)n3CCC(C)C)OCO5)n2)cc1. The Morgan fingerprint density at radius 3 is 2.63 bits per heavy atom. The number of rotatable bonds is 9. The first-order valence-electron chi connectivity index (χ1n) is 11.5. The quantitative estimate of drug-likeness (QED) is 0.237. The maximum Gasteiger partial charge on any atom is 0.262 e. The Kier molecular flexibility index (Phi) is 6.63. The van der Waals surface area contributed by atoms with Crippen LogP contribution in [0.15, 0.2) is 50.9 Å². The molecule has 0 fully saturated rings. The van der Waals surface area contributed by atoms with Gasteiger partial charge in [0.1, 0.15) is 5.75 Å². The van der Waals surface area contributed by atoms with Crippen LogP contribution in [-0.2, 0) is 12.3 Å². The van der Waals surface area contributed by atoms with Crippen molar-refractivity contribution in [2.24, 2.45) is 5.92 Å². The second kappa shape index (κ2) is 9.99. The third-order valence-corrected chi connectivity index (χ3v) is 6.52. The molecule has 0 atom stereocenters. The predicted molar refractivity (Wildman–Crippen MR) is 132 cm³/mol. The lowest BCUT2D eigenvalue weighted by atomic mass is 10.1. The van der Waals surface area contributed by atoms with E-state index in [-0.39, 0.29) is 12.4 Å². The van der Waals surface area contributed by atoms with Crippen LogP contribution in [0.1, 0.15) is 33.1 Å². The molecule has 1 aliphatic heterocycles. The Bertz CT molecular complexity index is 1400. The van der Waals surface area contributed by atoms with Crippen LogP contribution < -0.4 is 19.8 Å². The highest BCUT2D eigenvalue weighted by Gasteiger charge is 2.20. The van der Waals surface area contributed by atoms with Gasteiger partial charge in [0.15, 0.2) is 16.7 Å². The highest BCUT2D eigenvalue weighted by atomic mass is 32.2. The van der Waals surface area contributed by atoms with E-state index in [0.29, 0.717) is 64.1 Å². The molecule has 0 saturated heterocycles. The standard InChI is InChI=1S/C25H26N4O5S/c1-4-31-17-7-5-16(6-8-17)23-27-22(34-28-23)13-35-25-26-19-12-21-20(32-14-33-21)11-18(19)24(30)29(25)10-9-15(2)3/h5-8,11-12,15H,4,9-10,13-14H2,1-3H3. The van der Waals surface area contributed by atoms with Gasteiger partial charge in [-0.05, 0) is 49.6 Å². The van der Waals surface area contributed by atoms with E-state index in [1.54, 1.807) is 16.7 Å². The van der Waals surface area contributed by atoms with E-state index in [1.807, 2.05) is 31.2 Å². The van der Waals surface area contributed by atoms with Gasteiger partial charge < -0.3 is 18.7 Å². The van der Waals surface area contributed by atoms with Crippen LogP contribution in [-0.4, -0.2) is 33.1 Å². The van der Waals surface area contributed by atoms with Gasteiger partial charge in [-0.1, -0.05) is 30.8 Å². The summed E-state index contributed by atoms with van der Waals surface area (Å²) in [5.74, 6) is 3.74. The van der Waals surface area contributed by atoms with Gasteiger partial charge in [-0.15, -0.1) is 0 Å². The minimum absolute atomic E-state index is 0.0999. The number of aromatic nitrogens is 4. The van der Waals surface area contributed by atoms with Crippen molar-refractivity contribution in [3.8, 4) is 28.6 Å². The van der Waals surface area contributed by atoms with Crippen molar-refractivity contribution >= 4 is 22.7 Å². The van der Waals surface area contributed by atoms with Gasteiger partial charge in [0, 0.05) is 18.2 Å². The van der Waals surface area contributed by atoms with Gasteiger partial charge in [-0.25, -0.2) is 4.98 Å². The molecule has 0 radical (unpaired) electrons. The predicted octanol–water partition coefficient (Wildman–Crippen LogP) is 4.91. The van der Waals surface area contributed by atoms with E-state index in [2.05, 4.69) is 24.0 Å². The van der Waals surface area contributed by atoms with Crippen LogP contribution in [0.4, 0.5) is 0 Å². The fourth-order valence-corrected chi connectivity index (χ4v) is 4.57. The number of hydrogen-bond donors (Lipinski definition) is 0. The minimum atomic E-state index is -0.0999. The van der Waals surface area contributed by atoms with Gasteiger partial charge in [0.2, 0.25) is 18.5 Å². The number of hydrogen-bond acceptors (Lipinski definition) is 9. The fraction of sp³-hybridized carbons (Fsp3) is 0.360. The molecule has 0 spiro atoms. The first kappa shape index (κ1) is 23.2. The molecule has 5 rings (SSSR count). The van der Waals surface area contributed by atoms with Crippen LogP contribution in [0.25, 0.3) is 22.3 Å². The molecule has 10 heteroatoms. The van der Waals surface area contributed by atoms with Gasteiger partial charge in [0.05, 0.1) is 23.3 Å². The van der Waals surface area contributed by atoms with Crippen molar-refractivity contribution in [3.63, 3.8) is 0 Å². The number of benzene rings is 2. The van der Waals surface area contributed by atoms with Gasteiger partial charge in [0.25, 0.3) is 5.56 Å². The summed E-state index contributed by atoms with van der Waals surface area (Å²) in [4.78, 5) is 22.7. The largest absolute Gasteiger partial charge is 0.494 e. The van der Waals surface area contributed by atoms with E-state index in [0.717, 1.165) is 17.7 Å². The van der Waals surface area contributed by atoms with Crippen molar-refractivity contribution in [2.75, 3.05) is 13.4 Å². The van der Waals surface area contributed by atoms with Crippen molar-refractivity contribution < 1.29 is 18.7 Å². The Labute approximate surface area is 206 Å². The molecule has 0 amide bonds. The summed E-state index contributed by atoms with van der Waals surface area (Å²) in [5, 5.41) is 5.22. The zero-order chi connectivity index (χ0) is 24.4. The van der Waals surface area contributed by atoms with Crippen molar-refractivity contribution in [2.45, 2.75) is 44.6 Å². The van der Waals surface area contributed by atoms with E-state index >= 15 is 0 Å². The number of nitrogens with zero attached hydrogens (tertiary/aromatic N) is 4. The van der Waals surface area contributed by atoms with Crippen molar-refractivity contribution in [1.82, 2.24) is 19.7 Å². The molecule has 0 bridgehead atoms. The Balaban J connectivity index is 1.40. The van der Waals surface area contributed by atoms with Crippen molar-refractivity contribution in [3.05, 3.63) is 52.6 Å². The summed E-state index contributed by atoms with van der Waals surface area (Å²) in [6.07, 6.45) is 0.855. The lowest BCUT2D eigenvalue weighted by Gasteiger charge is -2.14. The zero-order valence-electron chi connectivity index (χ0n) is 19.8. The second-order valence-corrected chi connectivity index (χ2v) is 9.46. The molecule has 9 nitrogen and oxygen atoms in total. The number of ether oxygens (including phenoxy) is 3. The molecule has 0 saturated carbocycles. The summed E-state index contributed by atoms with van der Waals surface area (Å²) in [7, 11) is 0. The average molecular weight is 495 g/mol. The van der Waals surface area contributed by atoms with Crippen LogP contribution in [0.2, 0.25) is 0 Å². The van der Waals surface area contributed by atoms with E-state index in [1.165, 1.54) is 11.8 Å². The third-order valence-electron chi connectivity index (χ3n) is 5.56. The third kappa shape index (κ3) is 4.97. The number of thioether (sulfide) groups is 1. The molecule has 0 N–H and O–H groups in total. The molecule has 2 aromatic heterocycles. The Hall–Kier alpha value is -3.53. The summed E-state index contributed by atoms with van der Waals surface area (Å²) in [6.45, 7) is 7.52.